The van der Waals surface area contributed by atoms with Crippen molar-refractivity contribution in [2.45, 2.75) is 11.8 Å². The summed E-state index contributed by atoms with van der Waals surface area (Å²) in [5.41, 5.74) is 1.25. The van der Waals surface area contributed by atoms with Crippen LogP contribution in [0.1, 0.15) is 5.56 Å². The van der Waals surface area contributed by atoms with Crippen molar-refractivity contribution < 1.29 is 18.1 Å². The molecule has 1 fully saturated rings. The van der Waals surface area contributed by atoms with Crippen LogP contribution < -0.4 is 5.32 Å². The molecular weight excluding hydrogens is 476 g/mol. The third-order valence-electron chi connectivity index (χ3n) is 4.82. The maximum Gasteiger partial charge on any atom is 0.289 e. The molecule has 0 aromatic heterocycles. The number of rotatable bonds is 6. The Morgan fingerprint density at radius 3 is 2.47 bits per heavy atom. The Morgan fingerprint density at radius 2 is 1.83 bits per heavy atom. The van der Waals surface area contributed by atoms with Crippen LogP contribution in [-0.2, 0) is 14.8 Å². The molecule has 0 aliphatic carbocycles. The number of nitrogens with zero attached hydrogens (tertiary/aromatic N) is 3. The van der Waals surface area contributed by atoms with E-state index in [-0.39, 0.29) is 30.4 Å². The number of nitro benzene ring substituents is 1. The van der Waals surface area contributed by atoms with E-state index >= 15 is 0 Å². The lowest BCUT2D eigenvalue weighted by Crippen LogP contribution is -2.50. The molecule has 1 aliphatic heterocycles. The minimum absolute atomic E-state index is 0.133. The second kappa shape index (κ2) is 9.21. The fourth-order valence-electron chi connectivity index (χ4n) is 3.22. The van der Waals surface area contributed by atoms with Gasteiger partial charge in [-0.25, -0.2) is 8.42 Å². The van der Waals surface area contributed by atoms with Gasteiger partial charge in [0.15, 0.2) is 4.90 Å². The number of nitro groups is 1. The number of hydrogen-bond acceptors (Lipinski definition) is 6. The van der Waals surface area contributed by atoms with E-state index in [4.69, 9.17) is 0 Å². The van der Waals surface area contributed by atoms with Gasteiger partial charge < -0.3 is 5.32 Å². The normalized spacial score (nSPS) is 15.7. The molecule has 160 valence electrons. The molecule has 0 bridgehead atoms. The van der Waals surface area contributed by atoms with Gasteiger partial charge in [-0.1, -0.05) is 28.1 Å². The highest BCUT2D eigenvalue weighted by molar-refractivity contribution is 9.10. The van der Waals surface area contributed by atoms with E-state index in [9.17, 15) is 23.3 Å². The zero-order valence-electron chi connectivity index (χ0n) is 16.2. The summed E-state index contributed by atoms with van der Waals surface area (Å²) >= 11 is 3.41. The second-order valence-corrected chi connectivity index (χ2v) is 9.68. The molecule has 1 N–H and O–H groups in total. The molecule has 9 nitrogen and oxygen atoms in total. The van der Waals surface area contributed by atoms with E-state index in [2.05, 4.69) is 21.2 Å². The van der Waals surface area contributed by atoms with Gasteiger partial charge in [0.05, 0.1) is 11.5 Å². The molecule has 1 saturated heterocycles. The molecule has 0 atom stereocenters. The van der Waals surface area contributed by atoms with Crippen molar-refractivity contribution >= 4 is 43.2 Å². The number of para-hydroxylation sites is 1. The van der Waals surface area contributed by atoms with Gasteiger partial charge in [0.1, 0.15) is 0 Å². The Bertz CT molecular complexity index is 1070. The molecule has 30 heavy (non-hydrogen) atoms. The molecule has 0 saturated carbocycles. The van der Waals surface area contributed by atoms with Gasteiger partial charge in [-0.15, -0.1) is 0 Å². The first-order valence-corrected chi connectivity index (χ1v) is 11.4. The number of aryl methyl sites for hydroxylation is 1. The molecular formula is C19H21BrN4O5S. The Morgan fingerprint density at radius 1 is 1.17 bits per heavy atom. The largest absolute Gasteiger partial charge is 0.325 e. The van der Waals surface area contributed by atoms with Gasteiger partial charge in [0.2, 0.25) is 15.9 Å². The van der Waals surface area contributed by atoms with Crippen LogP contribution in [0, 0.1) is 17.0 Å². The SMILES string of the molecule is Cc1cc(NC(=O)CN2CCN(S(=O)(=O)c3ccccc3[N+](=O)[O-])CC2)ccc1Br. The number of benzene rings is 2. The van der Waals surface area contributed by atoms with Gasteiger partial charge >= 0.3 is 0 Å². The monoisotopic (exact) mass is 496 g/mol. The van der Waals surface area contributed by atoms with Crippen LogP contribution in [0.25, 0.3) is 0 Å². The van der Waals surface area contributed by atoms with Crippen molar-refractivity contribution in [1.82, 2.24) is 9.21 Å². The maximum absolute atomic E-state index is 12.9. The molecule has 1 aliphatic rings. The maximum atomic E-state index is 12.9. The number of carbonyl (C=O) groups is 1. The van der Waals surface area contributed by atoms with Crippen molar-refractivity contribution in [1.29, 1.82) is 0 Å². The molecule has 1 heterocycles. The predicted octanol–water partition coefficient (Wildman–Crippen LogP) is 2.61. The quantitative estimate of drug-likeness (QED) is 0.485. The summed E-state index contributed by atoms with van der Waals surface area (Å²) in [6.07, 6.45) is 0. The van der Waals surface area contributed by atoms with Crippen LogP contribution in [0.3, 0.4) is 0 Å². The number of nitrogens with one attached hydrogen (secondary N) is 1. The third-order valence-corrected chi connectivity index (χ3v) is 7.66. The third kappa shape index (κ3) is 5.04. The highest BCUT2D eigenvalue weighted by Gasteiger charge is 2.33. The fraction of sp³-hybridized carbons (Fsp3) is 0.316. The average Bonchev–Trinajstić information content (AvgIpc) is 2.71. The Labute approximate surface area is 183 Å². The lowest BCUT2D eigenvalue weighted by molar-refractivity contribution is -0.387. The molecule has 0 unspecified atom stereocenters. The lowest BCUT2D eigenvalue weighted by atomic mass is 10.2. The van der Waals surface area contributed by atoms with Crippen molar-refractivity contribution in [2.75, 3.05) is 38.0 Å². The van der Waals surface area contributed by atoms with Gasteiger partial charge in [0, 0.05) is 42.4 Å². The average molecular weight is 497 g/mol. The van der Waals surface area contributed by atoms with E-state index in [1.54, 1.807) is 6.07 Å². The Kier molecular flexibility index (Phi) is 6.86. The van der Waals surface area contributed by atoms with Crippen molar-refractivity contribution in [3.05, 3.63) is 62.6 Å². The number of amides is 1. The topological polar surface area (TPSA) is 113 Å². The van der Waals surface area contributed by atoms with Gasteiger partial charge in [-0.2, -0.15) is 4.31 Å². The van der Waals surface area contributed by atoms with Gasteiger partial charge in [0.25, 0.3) is 5.69 Å². The molecule has 11 heteroatoms. The minimum Gasteiger partial charge on any atom is -0.325 e. The number of sulfonamides is 1. The van der Waals surface area contributed by atoms with Gasteiger partial charge in [-0.3, -0.25) is 19.8 Å². The van der Waals surface area contributed by atoms with Crippen LogP contribution in [0.5, 0.6) is 0 Å². The molecule has 2 aromatic carbocycles. The molecule has 0 radical (unpaired) electrons. The number of piperazine rings is 1. The summed E-state index contributed by atoms with van der Waals surface area (Å²) in [6, 6.07) is 10.8. The number of anilines is 1. The van der Waals surface area contributed by atoms with Gasteiger partial charge in [-0.05, 0) is 36.8 Å². The lowest BCUT2D eigenvalue weighted by Gasteiger charge is -2.33. The van der Waals surface area contributed by atoms with Crippen LogP contribution in [0.15, 0.2) is 51.8 Å². The summed E-state index contributed by atoms with van der Waals surface area (Å²) in [6.45, 7) is 3.07. The standard InChI is InChI=1S/C19H21BrN4O5S/c1-14-12-15(6-7-16(14)20)21-19(25)13-22-8-10-23(11-9-22)30(28,29)18-5-3-2-4-17(18)24(26)27/h2-7,12H,8-11,13H2,1H3,(H,21,25). The molecule has 3 rings (SSSR count). The Hall–Kier alpha value is -2.34. The summed E-state index contributed by atoms with van der Waals surface area (Å²) < 4.78 is 27.9. The summed E-state index contributed by atoms with van der Waals surface area (Å²) in [4.78, 5) is 24.4. The molecule has 0 spiro atoms. The fourth-order valence-corrected chi connectivity index (χ4v) is 5.05. The number of halogens is 1. The van der Waals surface area contributed by atoms with E-state index in [0.29, 0.717) is 18.8 Å². The predicted molar refractivity (Wildman–Crippen MR) is 116 cm³/mol. The zero-order chi connectivity index (χ0) is 21.9. The van der Waals surface area contributed by atoms with E-state index in [1.165, 1.54) is 28.6 Å². The van der Waals surface area contributed by atoms with Crippen molar-refractivity contribution in [3.8, 4) is 0 Å². The zero-order valence-corrected chi connectivity index (χ0v) is 18.6. The summed E-state index contributed by atoms with van der Waals surface area (Å²) in [7, 11) is -3.99. The second-order valence-electron chi connectivity index (χ2n) is 6.92. The smallest absolute Gasteiger partial charge is 0.289 e. The van der Waals surface area contributed by atoms with Crippen LogP contribution in [0.2, 0.25) is 0 Å². The van der Waals surface area contributed by atoms with E-state index in [0.717, 1.165) is 10.0 Å². The molecule has 2 aromatic rings. The van der Waals surface area contributed by atoms with E-state index < -0.39 is 20.6 Å². The summed E-state index contributed by atoms with van der Waals surface area (Å²) in [5.74, 6) is -0.188. The summed E-state index contributed by atoms with van der Waals surface area (Å²) in [5, 5.41) is 14.0. The number of carbonyl (C=O) groups excluding carboxylic acids is 1. The Balaban J connectivity index is 1.60. The first kappa shape index (κ1) is 22.3. The first-order valence-electron chi connectivity index (χ1n) is 9.20. The molecule has 1 amide bonds. The van der Waals surface area contributed by atoms with Crippen LogP contribution in [0.4, 0.5) is 11.4 Å². The number of hydrogen-bond donors (Lipinski definition) is 1. The van der Waals surface area contributed by atoms with Crippen molar-refractivity contribution in [3.63, 3.8) is 0 Å². The highest BCUT2D eigenvalue weighted by atomic mass is 79.9. The minimum atomic E-state index is -3.99. The van der Waals surface area contributed by atoms with Crippen molar-refractivity contribution in [2.24, 2.45) is 0 Å². The first-order chi connectivity index (χ1) is 14.2. The van der Waals surface area contributed by atoms with Crippen LogP contribution >= 0.6 is 15.9 Å². The highest BCUT2D eigenvalue weighted by Crippen LogP contribution is 2.27. The van der Waals surface area contributed by atoms with Crippen LogP contribution in [-0.4, -0.2) is 61.2 Å². The van der Waals surface area contributed by atoms with E-state index in [1.807, 2.05) is 24.0 Å².